The SMILES string of the molecule is COc1ccccc1N1CCN(/N=C(/C)c2ccccc2Cl)CC1. The predicted molar refractivity (Wildman–Crippen MR) is 100 cm³/mol. The van der Waals surface area contributed by atoms with E-state index in [1.807, 2.05) is 49.4 Å². The van der Waals surface area contributed by atoms with E-state index in [0.29, 0.717) is 0 Å². The average Bonchev–Trinajstić information content (AvgIpc) is 2.62. The van der Waals surface area contributed by atoms with Gasteiger partial charge in [0.15, 0.2) is 0 Å². The molecule has 0 aliphatic carbocycles. The summed E-state index contributed by atoms with van der Waals surface area (Å²) in [5.41, 5.74) is 3.09. The molecule has 0 radical (unpaired) electrons. The van der Waals surface area contributed by atoms with E-state index in [2.05, 4.69) is 16.0 Å². The summed E-state index contributed by atoms with van der Waals surface area (Å²) >= 11 is 6.25. The highest BCUT2D eigenvalue weighted by molar-refractivity contribution is 6.34. The van der Waals surface area contributed by atoms with Crippen LogP contribution in [0.4, 0.5) is 5.69 Å². The van der Waals surface area contributed by atoms with Gasteiger partial charge in [0.2, 0.25) is 0 Å². The molecular formula is C19H22ClN3O. The summed E-state index contributed by atoms with van der Waals surface area (Å²) in [6, 6.07) is 16.0. The first-order valence-corrected chi connectivity index (χ1v) is 8.50. The van der Waals surface area contributed by atoms with Crippen LogP contribution in [-0.2, 0) is 0 Å². The number of piperazine rings is 1. The zero-order chi connectivity index (χ0) is 16.9. The van der Waals surface area contributed by atoms with Gasteiger partial charge >= 0.3 is 0 Å². The standard InChI is InChI=1S/C19H22ClN3O/c1-15(16-7-3-4-8-17(16)20)21-23-13-11-22(12-14-23)18-9-5-6-10-19(18)24-2/h3-10H,11-14H2,1-2H3/b21-15-. The summed E-state index contributed by atoms with van der Waals surface area (Å²) in [6.07, 6.45) is 0. The van der Waals surface area contributed by atoms with Crippen LogP contribution >= 0.6 is 11.6 Å². The van der Waals surface area contributed by atoms with Crippen LogP contribution in [0.15, 0.2) is 53.6 Å². The van der Waals surface area contributed by atoms with Crippen molar-refractivity contribution in [3.8, 4) is 5.75 Å². The summed E-state index contributed by atoms with van der Waals surface area (Å²) in [7, 11) is 1.71. The summed E-state index contributed by atoms with van der Waals surface area (Å²) in [4.78, 5) is 2.34. The Morgan fingerprint density at radius 1 is 1.00 bits per heavy atom. The highest BCUT2D eigenvalue weighted by atomic mass is 35.5. The molecule has 3 rings (SSSR count). The van der Waals surface area contributed by atoms with E-state index in [4.69, 9.17) is 21.4 Å². The van der Waals surface area contributed by atoms with Crippen LogP contribution in [0, 0.1) is 0 Å². The van der Waals surface area contributed by atoms with Gasteiger partial charge in [0, 0.05) is 23.7 Å². The normalized spacial score (nSPS) is 15.5. The topological polar surface area (TPSA) is 28.1 Å². The fourth-order valence-electron chi connectivity index (χ4n) is 2.95. The Morgan fingerprint density at radius 3 is 2.38 bits per heavy atom. The van der Waals surface area contributed by atoms with Gasteiger partial charge in [-0.3, -0.25) is 5.01 Å². The zero-order valence-corrected chi connectivity index (χ0v) is 14.8. The molecule has 5 heteroatoms. The van der Waals surface area contributed by atoms with Crippen LogP contribution < -0.4 is 9.64 Å². The number of methoxy groups -OCH3 is 1. The first kappa shape index (κ1) is 16.7. The van der Waals surface area contributed by atoms with Crippen molar-refractivity contribution in [2.75, 3.05) is 38.2 Å². The van der Waals surface area contributed by atoms with Crippen LogP contribution in [0.1, 0.15) is 12.5 Å². The molecule has 2 aromatic carbocycles. The molecule has 24 heavy (non-hydrogen) atoms. The number of anilines is 1. The highest BCUT2D eigenvalue weighted by Crippen LogP contribution is 2.28. The molecule has 126 valence electrons. The molecule has 2 aromatic rings. The second kappa shape index (κ2) is 7.58. The Labute approximate surface area is 148 Å². The monoisotopic (exact) mass is 343 g/mol. The number of benzene rings is 2. The molecule has 0 saturated carbocycles. The van der Waals surface area contributed by atoms with Crippen molar-refractivity contribution in [3.63, 3.8) is 0 Å². The number of hydrogen-bond acceptors (Lipinski definition) is 4. The molecule has 1 aliphatic heterocycles. The van der Waals surface area contributed by atoms with E-state index in [1.54, 1.807) is 7.11 Å². The van der Waals surface area contributed by atoms with Gasteiger partial charge in [-0.05, 0) is 25.1 Å². The van der Waals surface area contributed by atoms with Crippen LogP contribution in [0.3, 0.4) is 0 Å². The largest absolute Gasteiger partial charge is 0.495 e. The smallest absolute Gasteiger partial charge is 0.142 e. The third-order valence-electron chi connectivity index (χ3n) is 4.24. The molecule has 0 amide bonds. The van der Waals surface area contributed by atoms with Crippen LogP contribution in [0.25, 0.3) is 0 Å². The van der Waals surface area contributed by atoms with E-state index in [1.165, 1.54) is 0 Å². The lowest BCUT2D eigenvalue weighted by Gasteiger charge is -2.35. The average molecular weight is 344 g/mol. The molecule has 0 N–H and O–H groups in total. The first-order chi connectivity index (χ1) is 11.7. The van der Waals surface area contributed by atoms with Crippen molar-refractivity contribution in [3.05, 3.63) is 59.1 Å². The molecule has 0 atom stereocenters. The van der Waals surface area contributed by atoms with Crippen molar-refractivity contribution in [1.82, 2.24) is 5.01 Å². The lowest BCUT2D eigenvalue weighted by molar-refractivity contribution is 0.269. The maximum atomic E-state index is 6.25. The van der Waals surface area contributed by atoms with Gasteiger partial charge in [-0.15, -0.1) is 0 Å². The number of rotatable bonds is 4. The fraction of sp³-hybridized carbons (Fsp3) is 0.316. The molecule has 1 aliphatic rings. The number of para-hydroxylation sites is 2. The predicted octanol–water partition coefficient (Wildman–Crippen LogP) is 3.89. The molecule has 0 aromatic heterocycles. The lowest BCUT2D eigenvalue weighted by Crippen LogP contribution is -2.44. The summed E-state index contributed by atoms with van der Waals surface area (Å²) in [6.45, 7) is 5.59. The third kappa shape index (κ3) is 3.65. The molecule has 1 fully saturated rings. The van der Waals surface area contributed by atoms with Crippen molar-refractivity contribution in [2.45, 2.75) is 6.92 Å². The summed E-state index contributed by atoms with van der Waals surface area (Å²) in [5.74, 6) is 0.918. The Morgan fingerprint density at radius 2 is 1.67 bits per heavy atom. The number of hydrogen-bond donors (Lipinski definition) is 0. The van der Waals surface area contributed by atoms with Crippen molar-refractivity contribution < 1.29 is 4.74 Å². The molecule has 4 nitrogen and oxygen atoms in total. The number of halogens is 1. The van der Waals surface area contributed by atoms with E-state index in [9.17, 15) is 0 Å². The van der Waals surface area contributed by atoms with Gasteiger partial charge in [-0.25, -0.2) is 0 Å². The molecule has 1 saturated heterocycles. The van der Waals surface area contributed by atoms with Gasteiger partial charge in [0.1, 0.15) is 5.75 Å². The Balaban J connectivity index is 1.67. The maximum Gasteiger partial charge on any atom is 0.142 e. The quantitative estimate of drug-likeness (QED) is 0.788. The minimum absolute atomic E-state index is 0.742. The van der Waals surface area contributed by atoms with Gasteiger partial charge in [-0.1, -0.05) is 41.9 Å². The Hall–Kier alpha value is -2.20. The van der Waals surface area contributed by atoms with Crippen molar-refractivity contribution >= 4 is 23.0 Å². The third-order valence-corrected chi connectivity index (χ3v) is 4.57. The summed E-state index contributed by atoms with van der Waals surface area (Å²) in [5, 5.41) is 7.60. The minimum atomic E-state index is 0.742. The van der Waals surface area contributed by atoms with Gasteiger partial charge < -0.3 is 9.64 Å². The van der Waals surface area contributed by atoms with Crippen LogP contribution in [0.5, 0.6) is 5.75 Å². The van der Waals surface area contributed by atoms with Crippen LogP contribution in [0.2, 0.25) is 5.02 Å². The Kier molecular flexibility index (Phi) is 5.26. The van der Waals surface area contributed by atoms with E-state index >= 15 is 0 Å². The molecule has 1 heterocycles. The lowest BCUT2D eigenvalue weighted by atomic mass is 10.1. The van der Waals surface area contributed by atoms with Gasteiger partial charge in [-0.2, -0.15) is 5.10 Å². The summed E-state index contributed by atoms with van der Waals surface area (Å²) < 4.78 is 5.46. The second-order valence-corrected chi connectivity index (χ2v) is 6.19. The van der Waals surface area contributed by atoms with Crippen LogP contribution in [-0.4, -0.2) is 44.0 Å². The van der Waals surface area contributed by atoms with E-state index < -0.39 is 0 Å². The molecular weight excluding hydrogens is 322 g/mol. The molecule has 0 bridgehead atoms. The Bertz CT molecular complexity index is 724. The molecule has 0 unspecified atom stereocenters. The number of ether oxygens (including phenoxy) is 1. The van der Waals surface area contributed by atoms with Crippen molar-refractivity contribution in [1.29, 1.82) is 0 Å². The van der Waals surface area contributed by atoms with E-state index in [0.717, 1.165) is 53.9 Å². The minimum Gasteiger partial charge on any atom is -0.495 e. The second-order valence-electron chi connectivity index (χ2n) is 5.78. The highest BCUT2D eigenvalue weighted by Gasteiger charge is 2.19. The number of hydrazone groups is 1. The zero-order valence-electron chi connectivity index (χ0n) is 14.1. The van der Waals surface area contributed by atoms with Gasteiger partial charge in [0.25, 0.3) is 0 Å². The van der Waals surface area contributed by atoms with E-state index in [-0.39, 0.29) is 0 Å². The number of nitrogens with zero attached hydrogens (tertiary/aromatic N) is 3. The molecule has 0 spiro atoms. The van der Waals surface area contributed by atoms with Crippen molar-refractivity contribution in [2.24, 2.45) is 5.10 Å². The van der Waals surface area contributed by atoms with Gasteiger partial charge in [0.05, 0.1) is 31.6 Å². The maximum absolute atomic E-state index is 6.25. The first-order valence-electron chi connectivity index (χ1n) is 8.12. The fourth-order valence-corrected chi connectivity index (χ4v) is 3.22.